The summed E-state index contributed by atoms with van der Waals surface area (Å²) in [7, 11) is 3.54. The smallest absolute Gasteiger partial charge is 0.242 e. The van der Waals surface area contributed by atoms with Crippen molar-refractivity contribution < 1.29 is 13.2 Å². The molecule has 0 aliphatic rings. The van der Waals surface area contributed by atoms with Crippen molar-refractivity contribution >= 4 is 27.0 Å². The minimum Gasteiger partial charge on any atom is -0.356 e. The molecule has 0 atom stereocenters. The summed E-state index contributed by atoms with van der Waals surface area (Å²) in [6.07, 6.45) is 0.836. The molecule has 0 unspecified atom stereocenters. The van der Waals surface area contributed by atoms with Crippen molar-refractivity contribution in [2.45, 2.75) is 45.1 Å². The molecule has 8 nitrogen and oxygen atoms in total. The average Bonchev–Trinajstić information content (AvgIpc) is 3.00. The Morgan fingerprint density at radius 3 is 2.43 bits per heavy atom. The van der Waals surface area contributed by atoms with E-state index in [4.69, 9.17) is 0 Å². The van der Waals surface area contributed by atoms with E-state index in [1.165, 1.54) is 18.4 Å². The fourth-order valence-electron chi connectivity index (χ4n) is 3.64. The van der Waals surface area contributed by atoms with E-state index in [1.54, 1.807) is 18.2 Å². The molecule has 1 aromatic carbocycles. The van der Waals surface area contributed by atoms with Gasteiger partial charge >= 0.3 is 0 Å². The molecule has 0 aliphatic heterocycles. The number of imidazole rings is 1. The summed E-state index contributed by atoms with van der Waals surface area (Å²) in [4.78, 5) is 19.3. The largest absolute Gasteiger partial charge is 0.356 e. The van der Waals surface area contributed by atoms with E-state index < -0.39 is 10.0 Å². The maximum atomic E-state index is 12.4. The normalized spacial score (nSPS) is 12.8. The van der Waals surface area contributed by atoms with Crippen LogP contribution in [0.2, 0.25) is 0 Å². The van der Waals surface area contributed by atoms with Crippen molar-refractivity contribution in [2.24, 2.45) is 5.41 Å². The van der Waals surface area contributed by atoms with E-state index >= 15 is 0 Å². The monoisotopic (exact) mass is 437 g/mol. The molecule has 9 heteroatoms. The van der Waals surface area contributed by atoms with Crippen molar-refractivity contribution in [1.82, 2.24) is 24.1 Å². The molecule has 0 saturated carbocycles. The Balaban J connectivity index is 2.13. The third kappa shape index (κ3) is 5.80. The van der Waals surface area contributed by atoms with E-state index in [-0.39, 0.29) is 16.2 Å². The van der Waals surface area contributed by atoms with Crippen LogP contribution in [-0.4, -0.2) is 74.4 Å². The van der Waals surface area contributed by atoms with Gasteiger partial charge in [0.2, 0.25) is 15.9 Å². The Hall–Kier alpha value is -1.97. The van der Waals surface area contributed by atoms with E-state index in [0.29, 0.717) is 31.4 Å². The fourth-order valence-corrected chi connectivity index (χ4v) is 4.56. The lowest BCUT2D eigenvalue weighted by molar-refractivity contribution is -0.121. The number of fused-ring (bicyclic) bond motifs is 1. The highest BCUT2D eigenvalue weighted by atomic mass is 32.2. The van der Waals surface area contributed by atoms with Gasteiger partial charge in [-0.15, -0.1) is 0 Å². The zero-order valence-corrected chi connectivity index (χ0v) is 20.0. The second-order valence-electron chi connectivity index (χ2n) is 8.89. The number of nitrogens with zero attached hydrogens (tertiary/aromatic N) is 4. The van der Waals surface area contributed by atoms with Crippen LogP contribution in [-0.2, 0) is 27.8 Å². The van der Waals surface area contributed by atoms with Crippen LogP contribution in [0.25, 0.3) is 11.0 Å². The first-order chi connectivity index (χ1) is 13.9. The molecular formula is C21H35N5O3S. The topological polar surface area (TPSA) is 87.5 Å². The lowest BCUT2D eigenvalue weighted by atomic mass is 9.93. The lowest BCUT2D eigenvalue weighted by Gasteiger charge is -2.28. The summed E-state index contributed by atoms with van der Waals surface area (Å²) >= 11 is 0. The Morgan fingerprint density at radius 1 is 1.20 bits per heavy atom. The third-order valence-corrected chi connectivity index (χ3v) is 6.79. The zero-order valence-electron chi connectivity index (χ0n) is 19.2. The molecule has 1 aromatic heterocycles. The third-order valence-electron chi connectivity index (χ3n) is 4.98. The number of sulfonamides is 1. The molecule has 1 N–H and O–H groups in total. The van der Waals surface area contributed by atoms with Crippen LogP contribution in [0.15, 0.2) is 23.1 Å². The minimum absolute atomic E-state index is 0.00702. The average molecular weight is 438 g/mol. The van der Waals surface area contributed by atoms with E-state index in [1.807, 2.05) is 25.6 Å². The fraction of sp³-hybridized carbons (Fsp3) is 0.619. The number of carbonyl (C=O) groups is 1. The lowest BCUT2D eigenvalue weighted by Crippen LogP contribution is -2.40. The Morgan fingerprint density at radius 2 is 1.87 bits per heavy atom. The molecule has 0 aliphatic carbocycles. The van der Waals surface area contributed by atoms with Crippen LogP contribution >= 0.6 is 0 Å². The Labute approximate surface area is 180 Å². The first kappa shape index (κ1) is 24.3. The van der Waals surface area contributed by atoms with Gasteiger partial charge in [0.25, 0.3) is 0 Å². The summed E-state index contributed by atoms with van der Waals surface area (Å²) < 4.78 is 28.0. The SMILES string of the molecule is CCn1c(CCC(=O)NCC(C)(C)CN(C)C)nc2cc(S(=O)(=O)N(C)C)ccc21. The summed E-state index contributed by atoms with van der Waals surface area (Å²) in [5.74, 6) is 0.780. The van der Waals surface area contributed by atoms with Crippen LogP contribution in [0.4, 0.5) is 0 Å². The van der Waals surface area contributed by atoms with Gasteiger partial charge in [0, 0.05) is 46.6 Å². The molecule has 1 amide bonds. The van der Waals surface area contributed by atoms with Gasteiger partial charge in [-0.3, -0.25) is 4.79 Å². The second-order valence-corrected chi connectivity index (χ2v) is 11.0. The predicted molar refractivity (Wildman–Crippen MR) is 120 cm³/mol. The van der Waals surface area contributed by atoms with Gasteiger partial charge in [-0.2, -0.15) is 0 Å². The number of nitrogens with one attached hydrogen (secondary N) is 1. The highest BCUT2D eigenvalue weighted by molar-refractivity contribution is 7.89. The molecule has 0 fully saturated rings. The van der Waals surface area contributed by atoms with Gasteiger partial charge in [0.1, 0.15) is 5.82 Å². The second kappa shape index (κ2) is 9.45. The highest BCUT2D eigenvalue weighted by Gasteiger charge is 2.21. The van der Waals surface area contributed by atoms with Crippen molar-refractivity contribution in [3.63, 3.8) is 0 Å². The molecule has 168 valence electrons. The van der Waals surface area contributed by atoms with Gasteiger partial charge in [0.05, 0.1) is 15.9 Å². The molecule has 0 spiro atoms. The molecule has 2 rings (SSSR count). The van der Waals surface area contributed by atoms with Crippen molar-refractivity contribution in [3.8, 4) is 0 Å². The van der Waals surface area contributed by atoms with E-state index in [0.717, 1.165) is 17.9 Å². The number of carbonyl (C=O) groups excluding carboxylic acids is 1. The van der Waals surface area contributed by atoms with Crippen LogP contribution in [0.1, 0.15) is 33.0 Å². The number of hydrogen-bond donors (Lipinski definition) is 1. The molecule has 0 saturated heterocycles. The van der Waals surface area contributed by atoms with Crippen LogP contribution in [0.3, 0.4) is 0 Å². The quantitative estimate of drug-likeness (QED) is 0.614. The number of aryl methyl sites for hydroxylation is 2. The molecular weight excluding hydrogens is 402 g/mol. The van der Waals surface area contributed by atoms with E-state index in [2.05, 4.69) is 29.0 Å². The van der Waals surface area contributed by atoms with Gasteiger partial charge in [-0.1, -0.05) is 13.8 Å². The highest BCUT2D eigenvalue weighted by Crippen LogP contribution is 2.23. The Bertz CT molecular complexity index is 993. The van der Waals surface area contributed by atoms with Crippen molar-refractivity contribution in [2.75, 3.05) is 41.3 Å². The summed E-state index contributed by atoms with van der Waals surface area (Å²) in [6.45, 7) is 8.46. The maximum absolute atomic E-state index is 12.4. The van der Waals surface area contributed by atoms with Crippen molar-refractivity contribution in [1.29, 1.82) is 0 Å². The zero-order chi connectivity index (χ0) is 22.7. The molecule has 0 bridgehead atoms. The summed E-state index contributed by atoms with van der Waals surface area (Å²) in [5.41, 5.74) is 1.49. The molecule has 2 aromatic rings. The number of benzene rings is 1. The van der Waals surface area contributed by atoms with Crippen molar-refractivity contribution in [3.05, 3.63) is 24.0 Å². The summed E-state index contributed by atoms with van der Waals surface area (Å²) in [5, 5.41) is 3.02. The standard InChI is InChI=1S/C21H35N5O3S/c1-8-26-18-10-9-16(30(28,29)25(6)7)13-17(18)23-19(26)11-12-20(27)22-14-21(2,3)15-24(4)5/h9-10,13H,8,11-12,14-15H2,1-7H3,(H,22,27). The van der Waals surface area contributed by atoms with Crippen LogP contribution in [0, 0.1) is 5.41 Å². The molecule has 30 heavy (non-hydrogen) atoms. The summed E-state index contributed by atoms with van der Waals surface area (Å²) in [6, 6.07) is 4.99. The number of amides is 1. The Kier molecular flexibility index (Phi) is 7.65. The maximum Gasteiger partial charge on any atom is 0.242 e. The van der Waals surface area contributed by atoms with Gasteiger partial charge in [0.15, 0.2) is 0 Å². The molecule has 1 heterocycles. The van der Waals surface area contributed by atoms with Crippen LogP contribution < -0.4 is 5.32 Å². The first-order valence-corrected chi connectivity index (χ1v) is 11.6. The van der Waals surface area contributed by atoms with Gasteiger partial charge in [-0.25, -0.2) is 17.7 Å². The minimum atomic E-state index is -3.52. The van der Waals surface area contributed by atoms with E-state index in [9.17, 15) is 13.2 Å². The molecule has 0 radical (unpaired) electrons. The predicted octanol–water partition coefficient (Wildman–Crippen LogP) is 1.94. The first-order valence-electron chi connectivity index (χ1n) is 10.2. The van der Waals surface area contributed by atoms with Crippen LogP contribution in [0.5, 0.6) is 0 Å². The van der Waals surface area contributed by atoms with Gasteiger partial charge in [-0.05, 0) is 44.6 Å². The number of aromatic nitrogens is 2. The number of hydrogen-bond acceptors (Lipinski definition) is 5. The number of rotatable bonds is 10. The van der Waals surface area contributed by atoms with Gasteiger partial charge < -0.3 is 14.8 Å².